The van der Waals surface area contributed by atoms with E-state index in [0.717, 1.165) is 6.08 Å². The predicted molar refractivity (Wildman–Crippen MR) is 82.6 cm³/mol. The third-order valence-electron chi connectivity index (χ3n) is 3.56. The average Bonchev–Trinajstić information content (AvgIpc) is 2.75. The molecule has 2 aromatic rings. The van der Waals surface area contributed by atoms with Crippen LogP contribution in [0.5, 0.6) is 17.4 Å². The number of ether oxygens (including phenoxy) is 3. The number of rotatable bonds is 2. The number of hydrogen-bond acceptors (Lipinski definition) is 5. The number of allylic oxidation sites excluding steroid dienone is 1. The molecule has 1 aliphatic rings. The molecule has 0 bridgehead atoms. The molecule has 130 valence electrons. The van der Waals surface area contributed by atoms with E-state index < -0.39 is 17.7 Å². The molecular formula is C17H12F3NO4. The Morgan fingerprint density at radius 3 is 2.52 bits per heavy atom. The topological polar surface area (TPSA) is 57.7 Å². The van der Waals surface area contributed by atoms with Crippen molar-refractivity contribution < 1.29 is 32.2 Å². The second-order valence-electron chi connectivity index (χ2n) is 5.10. The third kappa shape index (κ3) is 3.15. The highest BCUT2D eigenvalue weighted by atomic mass is 19.4. The number of benzene rings is 1. The van der Waals surface area contributed by atoms with Gasteiger partial charge >= 0.3 is 12.1 Å². The first kappa shape index (κ1) is 16.8. The van der Waals surface area contributed by atoms with E-state index in [2.05, 4.69) is 9.72 Å². The molecule has 0 radical (unpaired) electrons. The number of methoxy groups -OCH3 is 2. The monoisotopic (exact) mass is 351 g/mol. The lowest BCUT2D eigenvalue weighted by Gasteiger charge is -2.13. The van der Waals surface area contributed by atoms with Crippen LogP contribution in [0, 0.1) is 0 Å². The molecule has 8 heteroatoms. The van der Waals surface area contributed by atoms with Crippen LogP contribution in [0.1, 0.15) is 21.6 Å². The third-order valence-corrected chi connectivity index (χ3v) is 3.56. The molecule has 0 amide bonds. The minimum absolute atomic E-state index is 0.0266. The number of hydrogen-bond donors (Lipinski definition) is 0. The van der Waals surface area contributed by atoms with Gasteiger partial charge in [0.1, 0.15) is 11.4 Å². The maximum atomic E-state index is 13.5. The molecule has 1 aromatic heterocycles. The van der Waals surface area contributed by atoms with E-state index in [1.54, 1.807) is 0 Å². The second kappa shape index (κ2) is 6.12. The van der Waals surface area contributed by atoms with Crippen molar-refractivity contribution in [1.82, 2.24) is 4.98 Å². The largest absolute Gasteiger partial charge is 0.481 e. The zero-order valence-electron chi connectivity index (χ0n) is 13.2. The SMILES string of the molecule is COC(=O)c1ccc2c(c1)Oc1ccc(OC)nc1C(C(F)(F)F)=C2. The van der Waals surface area contributed by atoms with E-state index in [1.807, 2.05) is 0 Å². The predicted octanol–water partition coefficient (Wildman–Crippen LogP) is 4.09. The molecule has 25 heavy (non-hydrogen) atoms. The summed E-state index contributed by atoms with van der Waals surface area (Å²) in [5.41, 5.74) is -1.03. The van der Waals surface area contributed by atoms with E-state index in [0.29, 0.717) is 0 Å². The molecule has 0 spiro atoms. The number of aromatic nitrogens is 1. The highest BCUT2D eigenvalue weighted by molar-refractivity contribution is 5.93. The van der Waals surface area contributed by atoms with Crippen LogP contribution < -0.4 is 9.47 Å². The van der Waals surface area contributed by atoms with Crippen LogP contribution in [-0.4, -0.2) is 31.3 Å². The van der Waals surface area contributed by atoms with Crippen molar-refractivity contribution in [3.8, 4) is 17.4 Å². The first-order valence-corrected chi connectivity index (χ1v) is 7.08. The van der Waals surface area contributed by atoms with E-state index in [9.17, 15) is 18.0 Å². The minimum atomic E-state index is -4.65. The van der Waals surface area contributed by atoms with Crippen molar-refractivity contribution in [2.45, 2.75) is 6.18 Å². The van der Waals surface area contributed by atoms with Gasteiger partial charge in [-0.2, -0.15) is 13.2 Å². The summed E-state index contributed by atoms with van der Waals surface area (Å²) in [7, 11) is 2.52. The molecule has 0 saturated heterocycles. The van der Waals surface area contributed by atoms with Crippen LogP contribution in [0.15, 0.2) is 30.3 Å². The summed E-state index contributed by atoms with van der Waals surface area (Å²) >= 11 is 0. The fourth-order valence-electron chi connectivity index (χ4n) is 2.36. The average molecular weight is 351 g/mol. The smallest absolute Gasteiger partial charge is 0.418 e. The van der Waals surface area contributed by atoms with Crippen LogP contribution in [0.2, 0.25) is 0 Å². The number of halogens is 3. The second-order valence-corrected chi connectivity index (χ2v) is 5.10. The maximum Gasteiger partial charge on any atom is 0.418 e. The zero-order chi connectivity index (χ0) is 18.2. The number of nitrogens with zero attached hydrogens (tertiary/aromatic N) is 1. The number of pyridine rings is 1. The molecule has 2 heterocycles. The van der Waals surface area contributed by atoms with Crippen molar-refractivity contribution in [1.29, 1.82) is 0 Å². The van der Waals surface area contributed by atoms with Gasteiger partial charge in [0.05, 0.1) is 25.4 Å². The lowest BCUT2D eigenvalue weighted by molar-refractivity contribution is -0.0686. The van der Waals surface area contributed by atoms with Crippen LogP contribution >= 0.6 is 0 Å². The van der Waals surface area contributed by atoms with Crippen molar-refractivity contribution >= 4 is 17.6 Å². The van der Waals surface area contributed by atoms with Gasteiger partial charge in [-0.3, -0.25) is 0 Å². The Morgan fingerprint density at radius 2 is 1.88 bits per heavy atom. The Labute approximate surface area is 140 Å². The quantitative estimate of drug-likeness (QED) is 0.763. The van der Waals surface area contributed by atoms with Crippen LogP contribution in [-0.2, 0) is 4.74 Å². The van der Waals surface area contributed by atoms with Gasteiger partial charge in [0, 0.05) is 11.6 Å². The van der Waals surface area contributed by atoms with Gasteiger partial charge in [-0.25, -0.2) is 9.78 Å². The lowest BCUT2D eigenvalue weighted by atomic mass is 10.1. The molecule has 0 fully saturated rings. The summed E-state index contributed by atoms with van der Waals surface area (Å²) in [5.74, 6) is -0.594. The molecule has 1 aliphatic heterocycles. The molecule has 3 rings (SSSR count). The van der Waals surface area contributed by atoms with E-state index in [-0.39, 0.29) is 34.2 Å². The number of esters is 1. The Balaban J connectivity index is 2.22. The summed E-state index contributed by atoms with van der Waals surface area (Å²) in [4.78, 5) is 15.5. The molecule has 0 unspecified atom stereocenters. The standard InChI is InChI=1S/C17H12F3NO4/c1-23-14-6-5-12-15(21-14)11(17(18,19)20)7-9-3-4-10(16(22)24-2)8-13(9)25-12/h3-8H,1-2H3. The lowest BCUT2D eigenvalue weighted by Crippen LogP contribution is -2.12. The molecule has 0 atom stereocenters. The summed E-state index contributed by atoms with van der Waals surface area (Å²) in [6.45, 7) is 0. The fraction of sp³-hybridized carbons (Fsp3) is 0.176. The summed E-state index contributed by atoms with van der Waals surface area (Å²) in [5, 5.41) is 0. The Morgan fingerprint density at radius 1 is 1.12 bits per heavy atom. The van der Waals surface area contributed by atoms with Gasteiger partial charge in [-0.05, 0) is 24.3 Å². The fourth-order valence-corrected chi connectivity index (χ4v) is 2.36. The van der Waals surface area contributed by atoms with Crippen molar-refractivity contribution in [3.63, 3.8) is 0 Å². The van der Waals surface area contributed by atoms with Crippen LogP contribution in [0.25, 0.3) is 11.6 Å². The minimum Gasteiger partial charge on any atom is -0.481 e. The Kier molecular flexibility index (Phi) is 4.12. The highest BCUT2D eigenvalue weighted by Crippen LogP contribution is 2.44. The Bertz CT molecular complexity index is 875. The first-order chi connectivity index (χ1) is 11.8. The number of fused-ring (bicyclic) bond motifs is 2. The Hall–Kier alpha value is -3.03. The summed E-state index contributed by atoms with van der Waals surface area (Å²) < 4.78 is 55.6. The maximum absolute atomic E-state index is 13.5. The first-order valence-electron chi connectivity index (χ1n) is 7.08. The highest BCUT2D eigenvalue weighted by Gasteiger charge is 2.39. The molecule has 1 aromatic carbocycles. The van der Waals surface area contributed by atoms with Gasteiger partial charge in [-0.1, -0.05) is 6.07 Å². The van der Waals surface area contributed by atoms with Gasteiger partial charge in [0.2, 0.25) is 5.88 Å². The van der Waals surface area contributed by atoms with Crippen LogP contribution in [0.3, 0.4) is 0 Å². The number of alkyl halides is 3. The van der Waals surface area contributed by atoms with Crippen molar-refractivity contribution in [3.05, 3.63) is 47.2 Å². The van der Waals surface area contributed by atoms with E-state index in [4.69, 9.17) is 9.47 Å². The van der Waals surface area contributed by atoms with Crippen molar-refractivity contribution in [2.24, 2.45) is 0 Å². The molecule has 0 aliphatic carbocycles. The molecule has 0 N–H and O–H groups in total. The van der Waals surface area contributed by atoms with Gasteiger partial charge in [-0.15, -0.1) is 0 Å². The normalized spacial score (nSPS) is 12.9. The molecule has 5 nitrogen and oxygen atoms in total. The van der Waals surface area contributed by atoms with Gasteiger partial charge < -0.3 is 14.2 Å². The van der Waals surface area contributed by atoms with Crippen LogP contribution in [0.4, 0.5) is 13.2 Å². The molecular weight excluding hydrogens is 339 g/mol. The number of carbonyl (C=O) groups excluding carboxylic acids is 1. The summed E-state index contributed by atoms with van der Waals surface area (Å²) in [6, 6.07) is 6.77. The van der Waals surface area contributed by atoms with E-state index in [1.165, 1.54) is 44.6 Å². The summed E-state index contributed by atoms with van der Waals surface area (Å²) in [6.07, 6.45) is -3.73. The van der Waals surface area contributed by atoms with Gasteiger partial charge in [0.15, 0.2) is 5.75 Å². The van der Waals surface area contributed by atoms with Crippen molar-refractivity contribution in [2.75, 3.05) is 14.2 Å². The molecule has 0 saturated carbocycles. The zero-order valence-corrected chi connectivity index (χ0v) is 13.2. The van der Waals surface area contributed by atoms with Gasteiger partial charge in [0.25, 0.3) is 0 Å². The number of carbonyl (C=O) groups is 1. The van der Waals surface area contributed by atoms with E-state index >= 15 is 0 Å².